The van der Waals surface area contributed by atoms with Gasteiger partial charge < -0.3 is 15.5 Å². The van der Waals surface area contributed by atoms with Gasteiger partial charge in [0.15, 0.2) is 0 Å². The third-order valence-electron chi connectivity index (χ3n) is 7.57. The Hall–Kier alpha value is -1.45. The van der Waals surface area contributed by atoms with Crippen LogP contribution in [0, 0.1) is 18.3 Å². The molecule has 3 fully saturated rings. The van der Waals surface area contributed by atoms with Crippen molar-refractivity contribution in [1.29, 1.82) is 0 Å². The number of thiophene rings is 1. The quantitative estimate of drug-likeness (QED) is 0.716. The molecule has 2 aromatic heterocycles. The van der Waals surface area contributed by atoms with E-state index in [1.807, 2.05) is 6.92 Å². The van der Waals surface area contributed by atoms with Gasteiger partial charge in [-0.3, -0.25) is 0 Å². The largest absolute Gasteiger partial charge is 0.393 e. The van der Waals surface area contributed by atoms with Crippen LogP contribution in [0.15, 0.2) is 6.07 Å². The van der Waals surface area contributed by atoms with Crippen LogP contribution >= 0.6 is 11.3 Å². The van der Waals surface area contributed by atoms with Gasteiger partial charge in [-0.15, -0.1) is 11.3 Å². The minimum atomic E-state index is -4.21. The molecule has 4 heterocycles. The number of hydrogen-bond acceptors (Lipinski definition) is 6. The molecule has 0 aromatic carbocycles. The SMILES string of the molecule is Cc1nc(N2CCC3(CCN(CC4CCC(N)CC4)C3)C2)c2cc(CC(F)(F)F)sc2n1. The monoisotopic (exact) mass is 467 g/mol. The van der Waals surface area contributed by atoms with E-state index in [0.29, 0.717) is 21.6 Å². The Kier molecular flexibility index (Phi) is 5.87. The average Bonchev–Trinajstić information content (AvgIpc) is 3.41. The summed E-state index contributed by atoms with van der Waals surface area (Å²) in [5.41, 5.74) is 6.33. The molecular weight excluding hydrogens is 435 g/mol. The van der Waals surface area contributed by atoms with E-state index in [1.165, 1.54) is 25.8 Å². The van der Waals surface area contributed by atoms with Gasteiger partial charge in [0, 0.05) is 42.5 Å². The first-order chi connectivity index (χ1) is 15.2. The van der Waals surface area contributed by atoms with Gasteiger partial charge >= 0.3 is 6.18 Å². The van der Waals surface area contributed by atoms with Crippen LogP contribution in [-0.2, 0) is 6.42 Å². The Labute approximate surface area is 191 Å². The zero-order chi connectivity index (χ0) is 22.5. The van der Waals surface area contributed by atoms with Gasteiger partial charge in [0.2, 0.25) is 0 Å². The van der Waals surface area contributed by atoms with E-state index in [9.17, 15) is 13.2 Å². The summed E-state index contributed by atoms with van der Waals surface area (Å²) < 4.78 is 38.8. The number of aryl methyl sites for hydroxylation is 1. The highest BCUT2D eigenvalue weighted by molar-refractivity contribution is 7.18. The fourth-order valence-electron chi connectivity index (χ4n) is 5.95. The molecule has 1 atom stereocenters. The van der Waals surface area contributed by atoms with Crippen LogP contribution in [0.4, 0.5) is 19.0 Å². The fraction of sp³-hybridized carbons (Fsp3) is 0.739. The Morgan fingerprint density at radius 1 is 1.12 bits per heavy atom. The van der Waals surface area contributed by atoms with E-state index < -0.39 is 12.6 Å². The number of fused-ring (bicyclic) bond motifs is 1. The Morgan fingerprint density at radius 2 is 1.88 bits per heavy atom. The van der Waals surface area contributed by atoms with Gasteiger partial charge in [-0.1, -0.05) is 0 Å². The maximum atomic E-state index is 12.9. The number of nitrogens with two attached hydrogens (primary N) is 1. The summed E-state index contributed by atoms with van der Waals surface area (Å²) >= 11 is 1.14. The highest BCUT2D eigenvalue weighted by Gasteiger charge is 2.44. The number of alkyl halides is 3. The van der Waals surface area contributed by atoms with Crippen LogP contribution < -0.4 is 10.6 Å². The number of anilines is 1. The first-order valence-corrected chi connectivity index (χ1v) is 12.6. The summed E-state index contributed by atoms with van der Waals surface area (Å²) in [7, 11) is 0. The predicted molar refractivity (Wildman–Crippen MR) is 122 cm³/mol. The molecule has 2 saturated heterocycles. The molecule has 1 aliphatic carbocycles. The van der Waals surface area contributed by atoms with Gasteiger partial charge in [0.25, 0.3) is 0 Å². The molecule has 2 aliphatic heterocycles. The first-order valence-electron chi connectivity index (χ1n) is 11.7. The molecule has 176 valence electrons. The maximum absolute atomic E-state index is 12.9. The van der Waals surface area contributed by atoms with Crippen LogP contribution in [0.1, 0.15) is 49.2 Å². The molecule has 0 bridgehead atoms. The van der Waals surface area contributed by atoms with Gasteiger partial charge in [-0.25, -0.2) is 9.97 Å². The van der Waals surface area contributed by atoms with Crippen molar-refractivity contribution >= 4 is 27.4 Å². The Morgan fingerprint density at radius 3 is 2.62 bits per heavy atom. The lowest BCUT2D eigenvalue weighted by atomic mass is 9.85. The van der Waals surface area contributed by atoms with Gasteiger partial charge in [-0.2, -0.15) is 13.2 Å². The molecule has 2 N–H and O–H groups in total. The number of aromatic nitrogens is 2. The summed E-state index contributed by atoms with van der Waals surface area (Å²) in [6.45, 7) is 7.09. The van der Waals surface area contributed by atoms with E-state index in [0.717, 1.165) is 73.9 Å². The van der Waals surface area contributed by atoms with E-state index >= 15 is 0 Å². The number of rotatable bonds is 4. The molecule has 1 spiro atoms. The van der Waals surface area contributed by atoms with Crippen LogP contribution in [0.5, 0.6) is 0 Å². The molecule has 0 radical (unpaired) electrons. The van der Waals surface area contributed by atoms with Crippen molar-refractivity contribution < 1.29 is 13.2 Å². The average molecular weight is 468 g/mol. The van der Waals surface area contributed by atoms with Crippen molar-refractivity contribution in [3.63, 3.8) is 0 Å². The van der Waals surface area contributed by atoms with Gasteiger partial charge in [0.05, 0.1) is 11.8 Å². The molecule has 5 rings (SSSR count). The first kappa shape index (κ1) is 22.3. The minimum Gasteiger partial charge on any atom is -0.355 e. The molecule has 3 aliphatic rings. The van der Waals surface area contributed by atoms with Crippen molar-refractivity contribution in [3.8, 4) is 0 Å². The van der Waals surface area contributed by atoms with Crippen LogP contribution in [0.2, 0.25) is 0 Å². The molecular formula is C23H32F3N5S. The smallest absolute Gasteiger partial charge is 0.355 e. The Bertz CT molecular complexity index is 968. The van der Waals surface area contributed by atoms with Crippen molar-refractivity contribution in [2.75, 3.05) is 37.6 Å². The third-order valence-corrected chi connectivity index (χ3v) is 8.60. The Balaban J connectivity index is 1.29. The van der Waals surface area contributed by atoms with Crippen LogP contribution in [0.3, 0.4) is 0 Å². The van der Waals surface area contributed by atoms with E-state index in [4.69, 9.17) is 5.73 Å². The summed E-state index contributed by atoms with van der Waals surface area (Å²) in [4.78, 5) is 15.0. The summed E-state index contributed by atoms with van der Waals surface area (Å²) in [5, 5.41) is 0.769. The molecule has 32 heavy (non-hydrogen) atoms. The second-order valence-corrected chi connectivity index (χ2v) is 11.4. The van der Waals surface area contributed by atoms with E-state index in [-0.39, 0.29) is 5.41 Å². The number of hydrogen-bond donors (Lipinski definition) is 1. The number of halogens is 3. The lowest BCUT2D eigenvalue weighted by Gasteiger charge is -2.31. The lowest BCUT2D eigenvalue weighted by molar-refractivity contribution is -0.126. The van der Waals surface area contributed by atoms with Crippen molar-refractivity contribution in [2.45, 2.75) is 64.1 Å². The van der Waals surface area contributed by atoms with Crippen molar-refractivity contribution in [2.24, 2.45) is 17.1 Å². The summed E-state index contributed by atoms with van der Waals surface area (Å²) in [6.07, 6.45) is 1.97. The normalized spacial score (nSPS) is 29.6. The molecule has 2 aromatic rings. The number of likely N-dealkylation sites (tertiary alicyclic amines) is 1. The third kappa shape index (κ3) is 4.75. The van der Waals surface area contributed by atoms with Crippen LogP contribution in [0.25, 0.3) is 10.2 Å². The van der Waals surface area contributed by atoms with Crippen molar-refractivity contribution in [1.82, 2.24) is 14.9 Å². The van der Waals surface area contributed by atoms with E-state index in [2.05, 4.69) is 19.8 Å². The summed E-state index contributed by atoms with van der Waals surface area (Å²) in [6, 6.07) is 2.05. The lowest BCUT2D eigenvalue weighted by Crippen LogP contribution is -2.35. The molecule has 1 unspecified atom stereocenters. The summed E-state index contributed by atoms with van der Waals surface area (Å²) in [5.74, 6) is 2.20. The minimum absolute atomic E-state index is 0.265. The second-order valence-electron chi connectivity index (χ2n) is 10.3. The second kappa shape index (κ2) is 8.40. The zero-order valence-corrected chi connectivity index (χ0v) is 19.4. The highest BCUT2D eigenvalue weighted by atomic mass is 32.1. The standard InChI is InChI=1S/C23H32F3N5S/c1-15-28-20(19-10-18(11-23(24,25)26)32-21(19)29-15)31-9-7-22(14-31)6-8-30(13-22)12-16-2-4-17(27)5-3-16/h10,16-17H,2-9,11-14,27H2,1H3. The van der Waals surface area contributed by atoms with Gasteiger partial charge in [0.1, 0.15) is 16.5 Å². The topological polar surface area (TPSA) is 58.3 Å². The van der Waals surface area contributed by atoms with Crippen molar-refractivity contribution in [3.05, 3.63) is 16.8 Å². The zero-order valence-electron chi connectivity index (χ0n) is 18.6. The molecule has 9 heteroatoms. The number of nitrogens with zero attached hydrogens (tertiary/aromatic N) is 4. The molecule has 1 saturated carbocycles. The highest BCUT2D eigenvalue weighted by Crippen LogP contribution is 2.43. The molecule has 5 nitrogen and oxygen atoms in total. The van der Waals surface area contributed by atoms with Gasteiger partial charge in [-0.05, 0) is 64.0 Å². The maximum Gasteiger partial charge on any atom is 0.393 e. The van der Waals surface area contributed by atoms with E-state index in [1.54, 1.807) is 6.07 Å². The fourth-order valence-corrected chi connectivity index (χ4v) is 7.05. The predicted octanol–water partition coefficient (Wildman–Crippen LogP) is 4.52. The van der Waals surface area contributed by atoms with Crippen LogP contribution in [-0.4, -0.2) is 59.8 Å². The molecule has 0 amide bonds.